The Morgan fingerprint density at radius 2 is 2.08 bits per heavy atom. The molecule has 0 bridgehead atoms. The van der Waals surface area contributed by atoms with Crippen LogP contribution in [0.1, 0.15) is 10.4 Å². The molecule has 2 nitrogen and oxygen atoms in total. The van der Waals surface area contributed by atoms with Crippen LogP contribution in [0.25, 0.3) is 0 Å². The van der Waals surface area contributed by atoms with Crippen molar-refractivity contribution >= 4 is 17.6 Å². The summed E-state index contributed by atoms with van der Waals surface area (Å²) < 4.78 is 29.6. The predicted molar refractivity (Wildman–Crippen MR) is 42.7 cm³/mol. The predicted octanol–water partition coefficient (Wildman–Crippen LogP) is 2.40. The van der Waals surface area contributed by atoms with Crippen LogP contribution in [0.2, 0.25) is 5.02 Å². The number of carbonyl (C=O) groups is 1. The lowest BCUT2D eigenvalue weighted by atomic mass is 10.2. The largest absolute Gasteiger partial charge is 0.465 e. The van der Waals surface area contributed by atoms with Crippen molar-refractivity contribution in [2.75, 3.05) is 7.11 Å². The van der Waals surface area contributed by atoms with Crippen LogP contribution in [0.3, 0.4) is 0 Å². The Labute approximate surface area is 78.1 Å². The zero-order chi connectivity index (χ0) is 10.0. The van der Waals surface area contributed by atoms with Gasteiger partial charge >= 0.3 is 5.97 Å². The highest BCUT2D eigenvalue weighted by Crippen LogP contribution is 2.21. The van der Waals surface area contributed by atoms with Crippen LogP contribution in [0, 0.1) is 11.6 Å². The van der Waals surface area contributed by atoms with E-state index in [1.54, 1.807) is 0 Å². The minimum absolute atomic E-state index is 0.318. The molecule has 0 heterocycles. The highest BCUT2D eigenvalue weighted by Gasteiger charge is 2.15. The quantitative estimate of drug-likeness (QED) is 0.521. The second-order valence-electron chi connectivity index (χ2n) is 2.24. The molecule has 0 N–H and O–H groups in total. The van der Waals surface area contributed by atoms with Gasteiger partial charge in [-0.25, -0.2) is 13.6 Å². The Kier molecular flexibility index (Phi) is 2.83. The standard InChI is InChI=1S/C8H5ClF2O2/c1-13-8(12)5-2-4(10)3-6(11)7(5)9/h2-3H,1H3. The molecular weight excluding hydrogens is 202 g/mol. The van der Waals surface area contributed by atoms with E-state index >= 15 is 0 Å². The van der Waals surface area contributed by atoms with Gasteiger partial charge in [0, 0.05) is 6.07 Å². The summed E-state index contributed by atoms with van der Waals surface area (Å²) >= 11 is 5.40. The minimum Gasteiger partial charge on any atom is -0.465 e. The Balaban J connectivity index is 3.28. The summed E-state index contributed by atoms with van der Waals surface area (Å²) in [5.41, 5.74) is -0.318. The van der Waals surface area contributed by atoms with Crippen LogP contribution in [-0.4, -0.2) is 13.1 Å². The molecule has 0 aliphatic carbocycles. The first-order chi connectivity index (χ1) is 6.06. The number of halogens is 3. The molecule has 0 spiro atoms. The summed E-state index contributed by atoms with van der Waals surface area (Å²) in [6, 6.07) is 1.41. The Bertz CT molecular complexity index is 352. The molecule has 0 saturated heterocycles. The smallest absolute Gasteiger partial charge is 0.339 e. The Morgan fingerprint density at radius 3 is 2.62 bits per heavy atom. The topological polar surface area (TPSA) is 26.3 Å². The van der Waals surface area contributed by atoms with Crippen LogP contribution in [0.15, 0.2) is 12.1 Å². The normalized spacial score (nSPS) is 9.85. The molecule has 13 heavy (non-hydrogen) atoms. The van der Waals surface area contributed by atoms with Crippen molar-refractivity contribution < 1.29 is 18.3 Å². The number of methoxy groups -OCH3 is 1. The first-order valence-corrected chi connectivity index (χ1v) is 3.67. The molecule has 0 aliphatic heterocycles. The fourth-order valence-electron chi connectivity index (χ4n) is 0.814. The number of hydrogen-bond donors (Lipinski definition) is 0. The third-order valence-corrected chi connectivity index (χ3v) is 1.78. The average Bonchev–Trinajstić information content (AvgIpc) is 2.10. The highest BCUT2D eigenvalue weighted by atomic mass is 35.5. The van der Waals surface area contributed by atoms with E-state index in [4.69, 9.17) is 11.6 Å². The van der Waals surface area contributed by atoms with Crippen molar-refractivity contribution in [3.05, 3.63) is 34.4 Å². The maximum Gasteiger partial charge on any atom is 0.339 e. The fourth-order valence-corrected chi connectivity index (χ4v) is 1.00. The number of ether oxygens (including phenoxy) is 1. The van der Waals surface area contributed by atoms with Crippen LogP contribution < -0.4 is 0 Å². The van der Waals surface area contributed by atoms with Crippen LogP contribution >= 0.6 is 11.6 Å². The third kappa shape index (κ3) is 1.95. The summed E-state index contributed by atoms with van der Waals surface area (Å²) in [5, 5.41) is -0.437. The van der Waals surface area contributed by atoms with Crippen molar-refractivity contribution in [3.63, 3.8) is 0 Å². The van der Waals surface area contributed by atoms with Crippen molar-refractivity contribution in [1.82, 2.24) is 0 Å². The highest BCUT2D eigenvalue weighted by molar-refractivity contribution is 6.33. The van der Waals surface area contributed by atoms with Gasteiger partial charge in [0.2, 0.25) is 0 Å². The molecule has 1 aromatic rings. The lowest BCUT2D eigenvalue weighted by molar-refractivity contribution is 0.0600. The van der Waals surface area contributed by atoms with Gasteiger partial charge in [0.1, 0.15) is 11.6 Å². The molecule has 5 heteroatoms. The van der Waals surface area contributed by atoms with E-state index in [1.165, 1.54) is 0 Å². The summed E-state index contributed by atoms with van der Waals surface area (Å²) in [6.07, 6.45) is 0. The van der Waals surface area contributed by atoms with E-state index in [0.29, 0.717) is 6.07 Å². The number of carbonyl (C=O) groups excluding carboxylic acids is 1. The fraction of sp³-hybridized carbons (Fsp3) is 0.125. The molecule has 70 valence electrons. The van der Waals surface area contributed by atoms with E-state index in [0.717, 1.165) is 13.2 Å². The molecule has 1 rings (SSSR count). The molecule has 0 unspecified atom stereocenters. The average molecular weight is 207 g/mol. The van der Waals surface area contributed by atoms with Crippen molar-refractivity contribution in [3.8, 4) is 0 Å². The molecular formula is C8H5ClF2O2. The molecule has 0 aromatic heterocycles. The van der Waals surface area contributed by atoms with Crippen LogP contribution in [0.4, 0.5) is 8.78 Å². The maximum atomic E-state index is 12.8. The second-order valence-corrected chi connectivity index (χ2v) is 2.62. The lowest BCUT2D eigenvalue weighted by Gasteiger charge is -2.02. The first-order valence-electron chi connectivity index (χ1n) is 3.29. The van der Waals surface area contributed by atoms with Gasteiger partial charge in [-0.05, 0) is 6.07 Å². The zero-order valence-electron chi connectivity index (χ0n) is 6.61. The SMILES string of the molecule is COC(=O)c1cc(F)cc(F)c1Cl. The molecule has 0 saturated carbocycles. The third-order valence-electron chi connectivity index (χ3n) is 1.40. The van der Waals surface area contributed by atoms with E-state index in [1.807, 2.05) is 0 Å². The van der Waals surface area contributed by atoms with Gasteiger partial charge in [-0.2, -0.15) is 0 Å². The summed E-state index contributed by atoms with van der Waals surface area (Å²) in [5.74, 6) is -2.73. The van der Waals surface area contributed by atoms with Gasteiger partial charge < -0.3 is 4.74 Å². The Hall–Kier alpha value is -1.16. The van der Waals surface area contributed by atoms with Gasteiger partial charge in [-0.1, -0.05) is 11.6 Å². The van der Waals surface area contributed by atoms with Gasteiger partial charge in [0.05, 0.1) is 17.7 Å². The van der Waals surface area contributed by atoms with E-state index < -0.39 is 22.6 Å². The molecule has 0 aliphatic rings. The maximum absolute atomic E-state index is 12.8. The van der Waals surface area contributed by atoms with Gasteiger partial charge in [0.25, 0.3) is 0 Å². The lowest BCUT2D eigenvalue weighted by Crippen LogP contribution is -2.04. The molecule has 0 amide bonds. The summed E-state index contributed by atoms with van der Waals surface area (Å²) in [7, 11) is 1.10. The summed E-state index contributed by atoms with van der Waals surface area (Å²) in [4.78, 5) is 10.9. The molecule has 0 atom stereocenters. The molecule has 1 aromatic carbocycles. The van der Waals surface area contributed by atoms with E-state index in [9.17, 15) is 13.6 Å². The van der Waals surface area contributed by atoms with Crippen molar-refractivity contribution in [1.29, 1.82) is 0 Å². The van der Waals surface area contributed by atoms with Gasteiger partial charge in [-0.3, -0.25) is 0 Å². The number of hydrogen-bond acceptors (Lipinski definition) is 2. The second kappa shape index (κ2) is 3.70. The number of esters is 1. The monoisotopic (exact) mass is 206 g/mol. The summed E-state index contributed by atoms with van der Waals surface area (Å²) in [6.45, 7) is 0. The molecule has 0 fully saturated rings. The first kappa shape index (κ1) is 9.92. The van der Waals surface area contributed by atoms with Crippen molar-refractivity contribution in [2.24, 2.45) is 0 Å². The van der Waals surface area contributed by atoms with E-state index in [-0.39, 0.29) is 5.56 Å². The molecule has 0 radical (unpaired) electrons. The number of rotatable bonds is 1. The Morgan fingerprint density at radius 1 is 1.46 bits per heavy atom. The van der Waals surface area contributed by atoms with Gasteiger partial charge in [0.15, 0.2) is 0 Å². The van der Waals surface area contributed by atoms with E-state index in [2.05, 4.69) is 4.74 Å². The van der Waals surface area contributed by atoms with Crippen LogP contribution in [-0.2, 0) is 4.74 Å². The zero-order valence-corrected chi connectivity index (χ0v) is 7.36. The minimum atomic E-state index is -0.984. The number of benzene rings is 1. The van der Waals surface area contributed by atoms with Crippen LogP contribution in [0.5, 0.6) is 0 Å². The van der Waals surface area contributed by atoms with Crippen molar-refractivity contribution in [2.45, 2.75) is 0 Å². The van der Waals surface area contributed by atoms with Gasteiger partial charge in [-0.15, -0.1) is 0 Å².